The van der Waals surface area contributed by atoms with E-state index >= 15 is 0 Å². The molecule has 1 fully saturated rings. The topological polar surface area (TPSA) is 27.7 Å². The number of quaternary nitrogens is 1. The van der Waals surface area contributed by atoms with E-state index in [2.05, 4.69) is 0 Å². The fourth-order valence-corrected chi connectivity index (χ4v) is 0.742. The molecule has 4 nitrogen and oxygen atoms in total. The molecule has 1 aliphatic rings. The van der Waals surface area contributed by atoms with Crippen LogP contribution in [0.15, 0.2) is 0 Å². The predicted molar refractivity (Wildman–Crippen MR) is 34.8 cm³/mol. The standard InChI is InChI=1S/C6H14NO3/c1-7(2,3)6-9-4-8-5-10-6/h6H,4-5H2,1-3H3/q+1. The number of ether oxygens (including phenoxy) is 3. The Kier molecular flexibility index (Phi) is 2.25. The molecular formula is C6H14NO3+. The monoisotopic (exact) mass is 148 g/mol. The zero-order valence-corrected chi connectivity index (χ0v) is 6.66. The van der Waals surface area contributed by atoms with Crippen LogP contribution in [-0.2, 0) is 14.2 Å². The van der Waals surface area contributed by atoms with Crippen molar-refractivity contribution in [3.63, 3.8) is 0 Å². The van der Waals surface area contributed by atoms with Gasteiger partial charge in [0.15, 0.2) is 13.6 Å². The number of hydrogen-bond acceptors (Lipinski definition) is 3. The first-order valence-electron chi connectivity index (χ1n) is 3.23. The lowest BCUT2D eigenvalue weighted by molar-refractivity contribution is -0.951. The third kappa shape index (κ3) is 1.91. The molecule has 0 radical (unpaired) electrons. The first-order chi connectivity index (χ1) is 4.61. The molecule has 0 aromatic heterocycles. The predicted octanol–water partition coefficient (Wildman–Crippen LogP) is -0.0454. The Morgan fingerprint density at radius 3 is 1.90 bits per heavy atom. The van der Waals surface area contributed by atoms with Crippen LogP contribution in [0, 0.1) is 0 Å². The van der Waals surface area contributed by atoms with Gasteiger partial charge in [0.25, 0.3) is 0 Å². The third-order valence-electron chi connectivity index (χ3n) is 1.22. The lowest BCUT2D eigenvalue weighted by Gasteiger charge is -2.34. The van der Waals surface area contributed by atoms with E-state index in [0.29, 0.717) is 18.1 Å². The van der Waals surface area contributed by atoms with Gasteiger partial charge in [-0.15, -0.1) is 0 Å². The van der Waals surface area contributed by atoms with Crippen LogP contribution in [0.2, 0.25) is 0 Å². The van der Waals surface area contributed by atoms with E-state index in [1.165, 1.54) is 0 Å². The second-order valence-electron chi connectivity index (χ2n) is 3.20. The van der Waals surface area contributed by atoms with Crippen LogP contribution in [0.3, 0.4) is 0 Å². The molecule has 1 heterocycles. The fourth-order valence-electron chi connectivity index (χ4n) is 0.742. The van der Waals surface area contributed by atoms with Crippen molar-refractivity contribution >= 4 is 0 Å². The van der Waals surface area contributed by atoms with Gasteiger partial charge >= 0.3 is 6.41 Å². The van der Waals surface area contributed by atoms with Gasteiger partial charge in [0, 0.05) is 0 Å². The highest BCUT2D eigenvalue weighted by molar-refractivity contribution is 4.25. The maximum absolute atomic E-state index is 5.17. The summed E-state index contributed by atoms with van der Waals surface area (Å²) in [6.45, 7) is 0.667. The fraction of sp³-hybridized carbons (Fsp3) is 1.00. The molecule has 0 aromatic rings. The number of hydrogen-bond donors (Lipinski definition) is 0. The lowest BCUT2D eigenvalue weighted by atomic mass is 10.7. The maximum Gasteiger partial charge on any atom is 0.312 e. The van der Waals surface area contributed by atoms with E-state index in [1.54, 1.807) is 0 Å². The summed E-state index contributed by atoms with van der Waals surface area (Å²) in [5.74, 6) is 0. The van der Waals surface area contributed by atoms with Crippen LogP contribution in [0.5, 0.6) is 0 Å². The first kappa shape index (κ1) is 7.94. The van der Waals surface area contributed by atoms with E-state index in [0.717, 1.165) is 0 Å². The Labute approximate surface area is 60.9 Å². The lowest BCUT2D eigenvalue weighted by Crippen LogP contribution is -2.50. The van der Waals surface area contributed by atoms with E-state index in [9.17, 15) is 0 Å². The molecular weight excluding hydrogens is 134 g/mol. The zero-order valence-electron chi connectivity index (χ0n) is 6.66. The summed E-state index contributed by atoms with van der Waals surface area (Å²) in [5.41, 5.74) is 0. The smallest absolute Gasteiger partial charge is 0.312 e. The Hall–Kier alpha value is -0.160. The largest absolute Gasteiger partial charge is 0.329 e. The van der Waals surface area contributed by atoms with Gasteiger partial charge in [0.1, 0.15) is 0 Å². The Bertz CT molecular complexity index is 104. The molecule has 0 amide bonds. The van der Waals surface area contributed by atoms with Crippen LogP contribution >= 0.6 is 0 Å². The average Bonchev–Trinajstić information content (AvgIpc) is 1.88. The summed E-state index contributed by atoms with van der Waals surface area (Å²) in [4.78, 5) is 0. The van der Waals surface area contributed by atoms with Gasteiger partial charge in [-0.3, -0.25) is 14.0 Å². The third-order valence-corrected chi connectivity index (χ3v) is 1.22. The molecule has 0 aromatic carbocycles. The highest BCUT2D eigenvalue weighted by Crippen LogP contribution is 2.10. The van der Waals surface area contributed by atoms with Crippen molar-refractivity contribution in [2.45, 2.75) is 6.41 Å². The van der Waals surface area contributed by atoms with Crippen LogP contribution in [-0.4, -0.2) is 45.6 Å². The summed E-state index contributed by atoms with van der Waals surface area (Å²) < 4.78 is 15.8. The summed E-state index contributed by atoms with van der Waals surface area (Å²) in [5, 5.41) is 0. The Balaban J connectivity index is 2.39. The minimum atomic E-state index is -0.186. The molecule has 1 rings (SSSR count). The van der Waals surface area contributed by atoms with Gasteiger partial charge in [-0.25, -0.2) is 0 Å². The molecule has 0 N–H and O–H groups in total. The first-order valence-corrected chi connectivity index (χ1v) is 3.23. The molecule has 0 saturated carbocycles. The van der Waals surface area contributed by atoms with Crippen LogP contribution in [0.4, 0.5) is 0 Å². The van der Waals surface area contributed by atoms with E-state index in [1.807, 2.05) is 21.1 Å². The SMILES string of the molecule is C[N+](C)(C)C1OCOCO1. The minimum Gasteiger partial charge on any atom is -0.329 e. The van der Waals surface area contributed by atoms with Crippen molar-refractivity contribution < 1.29 is 18.7 Å². The number of nitrogens with zero attached hydrogens (tertiary/aromatic N) is 1. The van der Waals surface area contributed by atoms with E-state index < -0.39 is 0 Å². The van der Waals surface area contributed by atoms with E-state index in [-0.39, 0.29) is 6.41 Å². The normalized spacial score (nSPS) is 23.1. The molecule has 0 spiro atoms. The molecule has 4 heteroatoms. The summed E-state index contributed by atoms with van der Waals surface area (Å²) in [6, 6.07) is 0. The zero-order chi connectivity index (χ0) is 7.61. The molecule has 60 valence electrons. The number of rotatable bonds is 1. The van der Waals surface area contributed by atoms with Crippen molar-refractivity contribution in [3.05, 3.63) is 0 Å². The second kappa shape index (κ2) is 2.84. The van der Waals surface area contributed by atoms with Gasteiger partial charge < -0.3 is 4.74 Å². The average molecular weight is 148 g/mol. The molecule has 10 heavy (non-hydrogen) atoms. The van der Waals surface area contributed by atoms with Crippen molar-refractivity contribution in [2.75, 3.05) is 34.7 Å². The highest BCUT2D eigenvalue weighted by atomic mass is 16.9. The van der Waals surface area contributed by atoms with Crippen LogP contribution < -0.4 is 0 Å². The molecule has 0 atom stereocenters. The highest BCUT2D eigenvalue weighted by Gasteiger charge is 2.27. The van der Waals surface area contributed by atoms with Crippen LogP contribution in [0.1, 0.15) is 0 Å². The van der Waals surface area contributed by atoms with Gasteiger partial charge in [-0.05, 0) is 0 Å². The quantitative estimate of drug-likeness (QED) is 0.488. The Morgan fingerprint density at radius 1 is 1.10 bits per heavy atom. The minimum absolute atomic E-state index is 0.186. The Morgan fingerprint density at radius 2 is 1.60 bits per heavy atom. The molecule has 1 saturated heterocycles. The second-order valence-corrected chi connectivity index (χ2v) is 3.20. The summed E-state index contributed by atoms with van der Waals surface area (Å²) >= 11 is 0. The summed E-state index contributed by atoms with van der Waals surface area (Å²) in [7, 11) is 6.03. The van der Waals surface area contributed by atoms with Crippen LogP contribution in [0.25, 0.3) is 0 Å². The summed E-state index contributed by atoms with van der Waals surface area (Å²) in [6.07, 6.45) is -0.186. The van der Waals surface area contributed by atoms with E-state index in [4.69, 9.17) is 14.2 Å². The van der Waals surface area contributed by atoms with Crippen molar-refractivity contribution in [1.82, 2.24) is 0 Å². The molecule has 0 aliphatic carbocycles. The molecule has 0 bridgehead atoms. The van der Waals surface area contributed by atoms with Crippen molar-refractivity contribution in [2.24, 2.45) is 0 Å². The van der Waals surface area contributed by atoms with Gasteiger partial charge in [-0.1, -0.05) is 0 Å². The van der Waals surface area contributed by atoms with Crippen molar-refractivity contribution in [1.29, 1.82) is 0 Å². The van der Waals surface area contributed by atoms with Gasteiger partial charge in [0.05, 0.1) is 21.1 Å². The van der Waals surface area contributed by atoms with Crippen molar-refractivity contribution in [3.8, 4) is 0 Å². The van der Waals surface area contributed by atoms with Gasteiger partial charge in [-0.2, -0.15) is 0 Å². The molecule has 1 aliphatic heterocycles. The molecule has 0 unspecified atom stereocenters. The van der Waals surface area contributed by atoms with Gasteiger partial charge in [0.2, 0.25) is 0 Å². The maximum atomic E-state index is 5.17.